The van der Waals surface area contributed by atoms with Crippen LogP contribution in [0.1, 0.15) is 50.7 Å². The van der Waals surface area contributed by atoms with E-state index in [0.717, 1.165) is 38.0 Å². The summed E-state index contributed by atoms with van der Waals surface area (Å²) in [6.07, 6.45) is 5.17. The summed E-state index contributed by atoms with van der Waals surface area (Å²) in [5.74, 6) is 1.04. The molecule has 2 aliphatic rings. The first-order valence-electron chi connectivity index (χ1n) is 8.04. The number of nitrogens with two attached hydrogens (primary N) is 1. The zero-order valence-electron chi connectivity index (χ0n) is 12.7. The van der Waals surface area contributed by atoms with E-state index in [1.807, 2.05) is 0 Å². The summed E-state index contributed by atoms with van der Waals surface area (Å²) in [6, 6.07) is 8.58. The van der Waals surface area contributed by atoms with E-state index in [2.05, 4.69) is 38.1 Å². The van der Waals surface area contributed by atoms with Crippen LogP contribution < -0.4 is 5.73 Å². The minimum Gasteiger partial charge on any atom is -0.389 e. The molecule has 0 bridgehead atoms. The van der Waals surface area contributed by atoms with Crippen molar-refractivity contribution in [2.24, 2.45) is 17.6 Å². The van der Waals surface area contributed by atoms with E-state index >= 15 is 0 Å². The third-order valence-electron chi connectivity index (χ3n) is 6.12. The zero-order chi connectivity index (χ0) is 14.4. The number of hydrogen-bond acceptors (Lipinski definition) is 2. The van der Waals surface area contributed by atoms with Crippen LogP contribution in [-0.2, 0) is 11.8 Å². The molecular weight excluding hydrogens is 246 g/mol. The zero-order valence-corrected chi connectivity index (χ0v) is 12.7. The van der Waals surface area contributed by atoms with Crippen LogP contribution in [0.3, 0.4) is 0 Å². The van der Waals surface area contributed by atoms with Crippen molar-refractivity contribution in [2.45, 2.75) is 57.0 Å². The number of rotatable bonds is 2. The topological polar surface area (TPSA) is 46.2 Å². The molecule has 3 rings (SSSR count). The van der Waals surface area contributed by atoms with Gasteiger partial charge in [0.25, 0.3) is 0 Å². The Labute approximate surface area is 122 Å². The van der Waals surface area contributed by atoms with Crippen molar-refractivity contribution in [3.63, 3.8) is 0 Å². The number of fused-ring (bicyclic) bond motifs is 1. The van der Waals surface area contributed by atoms with Crippen molar-refractivity contribution < 1.29 is 5.11 Å². The van der Waals surface area contributed by atoms with Crippen LogP contribution in [0.5, 0.6) is 0 Å². The number of hydrogen-bond donors (Lipinski definition) is 2. The second-order valence-corrected chi connectivity index (χ2v) is 7.15. The Balaban J connectivity index is 2.06. The molecule has 2 heteroatoms. The Morgan fingerprint density at radius 3 is 2.70 bits per heavy atom. The van der Waals surface area contributed by atoms with Gasteiger partial charge in [-0.25, -0.2) is 0 Å². The Morgan fingerprint density at radius 1 is 1.25 bits per heavy atom. The van der Waals surface area contributed by atoms with Crippen molar-refractivity contribution in [1.29, 1.82) is 0 Å². The van der Waals surface area contributed by atoms with Gasteiger partial charge < -0.3 is 10.8 Å². The van der Waals surface area contributed by atoms with Crippen molar-refractivity contribution >= 4 is 0 Å². The first-order valence-corrected chi connectivity index (χ1v) is 8.04. The molecular formula is C18H27NO. The van der Waals surface area contributed by atoms with Gasteiger partial charge in [0.05, 0.1) is 5.60 Å². The normalized spacial score (nSPS) is 40.6. The summed E-state index contributed by atoms with van der Waals surface area (Å²) in [5, 5.41) is 11.6. The van der Waals surface area contributed by atoms with E-state index in [1.54, 1.807) is 0 Å². The Morgan fingerprint density at radius 2 is 2.00 bits per heavy atom. The van der Waals surface area contributed by atoms with Crippen LogP contribution in [0, 0.1) is 11.8 Å². The van der Waals surface area contributed by atoms with E-state index in [0.29, 0.717) is 12.5 Å². The van der Waals surface area contributed by atoms with E-state index in [9.17, 15) is 5.11 Å². The average molecular weight is 273 g/mol. The highest BCUT2D eigenvalue weighted by Crippen LogP contribution is 2.54. The molecule has 2 nitrogen and oxygen atoms in total. The third kappa shape index (κ3) is 1.78. The Kier molecular flexibility index (Phi) is 3.42. The summed E-state index contributed by atoms with van der Waals surface area (Å²) in [4.78, 5) is 0. The number of aliphatic hydroxyl groups is 1. The van der Waals surface area contributed by atoms with Crippen molar-refractivity contribution in [3.8, 4) is 0 Å². The highest BCUT2D eigenvalue weighted by atomic mass is 16.3. The molecule has 0 radical (unpaired) electrons. The Hall–Kier alpha value is -0.860. The van der Waals surface area contributed by atoms with Crippen LogP contribution >= 0.6 is 0 Å². The van der Waals surface area contributed by atoms with Gasteiger partial charge in [0.15, 0.2) is 0 Å². The molecule has 1 fully saturated rings. The van der Waals surface area contributed by atoms with Crippen molar-refractivity contribution in [3.05, 3.63) is 35.4 Å². The molecule has 1 aromatic carbocycles. The summed E-state index contributed by atoms with van der Waals surface area (Å²) >= 11 is 0. The van der Waals surface area contributed by atoms with Gasteiger partial charge in [0.1, 0.15) is 0 Å². The lowest BCUT2D eigenvalue weighted by atomic mass is 9.57. The Bertz CT molecular complexity index is 500. The fourth-order valence-electron chi connectivity index (χ4n) is 4.87. The maximum atomic E-state index is 11.6. The maximum Gasteiger partial charge on any atom is 0.0781 e. The largest absolute Gasteiger partial charge is 0.389 e. The minimum atomic E-state index is -0.638. The van der Waals surface area contributed by atoms with Gasteiger partial charge in [-0.15, -0.1) is 0 Å². The van der Waals surface area contributed by atoms with Crippen LogP contribution in [-0.4, -0.2) is 17.3 Å². The molecule has 4 unspecified atom stereocenters. The summed E-state index contributed by atoms with van der Waals surface area (Å²) < 4.78 is 0. The molecule has 0 spiro atoms. The van der Waals surface area contributed by atoms with Crippen LogP contribution in [0.2, 0.25) is 0 Å². The second-order valence-electron chi connectivity index (χ2n) is 7.15. The van der Waals surface area contributed by atoms with Gasteiger partial charge in [-0.1, -0.05) is 38.1 Å². The molecule has 20 heavy (non-hydrogen) atoms. The quantitative estimate of drug-likeness (QED) is 0.870. The SMILES string of the molecule is CC1CCC(O)(C2(CN)CCc3ccccc32)C(C)C1. The summed E-state index contributed by atoms with van der Waals surface area (Å²) in [6.45, 7) is 5.07. The highest BCUT2D eigenvalue weighted by molar-refractivity contribution is 5.43. The van der Waals surface area contributed by atoms with Gasteiger partial charge >= 0.3 is 0 Å². The first kappa shape index (κ1) is 14.1. The van der Waals surface area contributed by atoms with Crippen LogP contribution in [0.4, 0.5) is 0 Å². The number of benzene rings is 1. The first-order chi connectivity index (χ1) is 9.53. The molecule has 2 aliphatic carbocycles. The molecule has 0 heterocycles. The molecule has 0 aliphatic heterocycles. The van der Waals surface area contributed by atoms with E-state index in [-0.39, 0.29) is 5.41 Å². The fourth-order valence-corrected chi connectivity index (χ4v) is 4.87. The predicted molar refractivity (Wildman–Crippen MR) is 82.6 cm³/mol. The second kappa shape index (κ2) is 4.85. The molecule has 4 atom stereocenters. The molecule has 3 N–H and O–H groups in total. The highest BCUT2D eigenvalue weighted by Gasteiger charge is 2.56. The summed E-state index contributed by atoms with van der Waals surface area (Å²) in [5.41, 5.74) is 8.06. The molecule has 0 aromatic heterocycles. The van der Waals surface area contributed by atoms with E-state index in [1.165, 1.54) is 11.1 Å². The van der Waals surface area contributed by atoms with Gasteiger partial charge in [0, 0.05) is 12.0 Å². The lowest BCUT2D eigenvalue weighted by Gasteiger charge is -2.52. The van der Waals surface area contributed by atoms with Crippen molar-refractivity contribution in [2.75, 3.05) is 6.54 Å². The maximum absolute atomic E-state index is 11.6. The van der Waals surface area contributed by atoms with Gasteiger partial charge in [-0.2, -0.15) is 0 Å². The monoisotopic (exact) mass is 273 g/mol. The standard InChI is InChI=1S/C18H27NO/c1-13-7-10-18(20,14(2)11-13)17(12-19)9-8-15-5-3-4-6-16(15)17/h3-6,13-14,20H,7-12,19H2,1-2H3. The van der Waals surface area contributed by atoms with Gasteiger partial charge in [-0.3, -0.25) is 0 Å². The fraction of sp³-hybridized carbons (Fsp3) is 0.667. The summed E-state index contributed by atoms with van der Waals surface area (Å²) in [7, 11) is 0. The average Bonchev–Trinajstić information content (AvgIpc) is 2.84. The van der Waals surface area contributed by atoms with Gasteiger partial charge in [-0.05, 0) is 55.1 Å². The van der Waals surface area contributed by atoms with Crippen molar-refractivity contribution in [1.82, 2.24) is 0 Å². The third-order valence-corrected chi connectivity index (χ3v) is 6.12. The lowest BCUT2D eigenvalue weighted by Crippen LogP contribution is -2.60. The molecule has 0 amide bonds. The molecule has 0 saturated heterocycles. The van der Waals surface area contributed by atoms with Crippen LogP contribution in [0.25, 0.3) is 0 Å². The molecule has 110 valence electrons. The lowest BCUT2D eigenvalue weighted by molar-refractivity contribution is -0.112. The molecule has 1 aromatic rings. The predicted octanol–water partition coefficient (Wildman–Crippen LogP) is 3.02. The van der Waals surface area contributed by atoms with Crippen LogP contribution in [0.15, 0.2) is 24.3 Å². The van der Waals surface area contributed by atoms with E-state index < -0.39 is 5.60 Å². The minimum absolute atomic E-state index is 0.233. The smallest absolute Gasteiger partial charge is 0.0781 e. The molecule has 1 saturated carbocycles. The van der Waals surface area contributed by atoms with E-state index in [4.69, 9.17) is 5.73 Å². The van der Waals surface area contributed by atoms with Gasteiger partial charge in [0.2, 0.25) is 0 Å². The number of aryl methyl sites for hydroxylation is 1.